The lowest BCUT2D eigenvalue weighted by Crippen LogP contribution is -2.49. The Bertz CT molecular complexity index is 649. The fourth-order valence-electron chi connectivity index (χ4n) is 3.21. The molecule has 0 saturated carbocycles. The largest absolute Gasteiger partial charge is 0.481 e. The molecule has 0 spiro atoms. The van der Waals surface area contributed by atoms with E-state index in [0.717, 1.165) is 31.5 Å². The maximum absolute atomic E-state index is 12.1. The molecule has 3 heterocycles. The van der Waals surface area contributed by atoms with Crippen molar-refractivity contribution in [1.29, 1.82) is 0 Å². The summed E-state index contributed by atoms with van der Waals surface area (Å²) in [5.41, 5.74) is 0.845. The van der Waals surface area contributed by atoms with E-state index < -0.39 is 10.0 Å². The van der Waals surface area contributed by atoms with E-state index in [1.54, 1.807) is 17.5 Å². The lowest BCUT2D eigenvalue weighted by molar-refractivity contribution is 0.297. The number of anilines is 1. The highest BCUT2D eigenvalue weighted by Gasteiger charge is 2.37. The first kappa shape index (κ1) is 15.5. The number of aromatic nitrogens is 2. The molecular formula is C14H22N4O3S. The number of hydrogen-bond donors (Lipinski definition) is 0. The molecule has 1 unspecified atom stereocenters. The summed E-state index contributed by atoms with van der Waals surface area (Å²) in [4.78, 5) is 10.9. The fourth-order valence-corrected chi connectivity index (χ4v) is 4.97. The molecule has 0 N–H and O–H groups in total. The monoisotopic (exact) mass is 326 g/mol. The smallest absolute Gasteiger partial charge is 0.228 e. The van der Waals surface area contributed by atoms with E-state index in [4.69, 9.17) is 4.74 Å². The Balaban J connectivity index is 1.80. The van der Waals surface area contributed by atoms with Gasteiger partial charge in [-0.25, -0.2) is 13.4 Å². The minimum absolute atomic E-state index is 0.0244. The molecule has 1 atom stereocenters. The van der Waals surface area contributed by atoms with Gasteiger partial charge in [0.25, 0.3) is 0 Å². The standard InChI is InChI=1S/C14H22N4O3S/c1-11-9-13(21-2)16-14(15-11)17-6-3-5-12(10-17)18-7-4-8-22(18,19)20/h9,12H,3-8,10H2,1-2H3. The molecule has 0 radical (unpaired) electrons. The van der Waals surface area contributed by atoms with Crippen molar-refractivity contribution in [2.75, 3.05) is 37.4 Å². The van der Waals surface area contributed by atoms with E-state index in [-0.39, 0.29) is 11.8 Å². The SMILES string of the molecule is COc1cc(C)nc(N2CCCC(N3CCCS3(=O)=O)C2)n1. The summed E-state index contributed by atoms with van der Waals surface area (Å²) in [6, 6.07) is 1.81. The molecule has 2 saturated heterocycles. The Kier molecular flexibility index (Phi) is 4.22. The van der Waals surface area contributed by atoms with E-state index >= 15 is 0 Å². The van der Waals surface area contributed by atoms with Crippen LogP contribution in [0.2, 0.25) is 0 Å². The second-order valence-corrected chi connectivity index (χ2v) is 7.92. The van der Waals surface area contributed by atoms with E-state index in [9.17, 15) is 8.42 Å². The van der Waals surface area contributed by atoms with Gasteiger partial charge in [0, 0.05) is 37.4 Å². The van der Waals surface area contributed by atoms with Gasteiger partial charge >= 0.3 is 0 Å². The molecule has 2 aliphatic rings. The molecule has 0 aromatic carbocycles. The Morgan fingerprint density at radius 2 is 2.09 bits per heavy atom. The van der Waals surface area contributed by atoms with Crippen LogP contribution in [0.25, 0.3) is 0 Å². The number of ether oxygens (including phenoxy) is 1. The molecule has 22 heavy (non-hydrogen) atoms. The van der Waals surface area contributed by atoms with Gasteiger partial charge in [-0.3, -0.25) is 0 Å². The summed E-state index contributed by atoms with van der Waals surface area (Å²) < 4.78 is 31.1. The van der Waals surface area contributed by atoms with Crippen LogP contribution in [0.4, 0.5) is 5.95 Å². The molecule has 3 rings (SSSR count). The number of aryl methyl sites for hydroxylation is 1. The van der Waals surface area contributed by atoms with Crippen molar-refractivity contribution in [2.45, 2.75) is 32.2 Å². The van der Waals surface area contributed by atoms with Crippen LogP contribution in [0.3, 0.4) is 0 Å². The Labute approximate surface area is 131 Å². The number of sulfonamides is 1. The predicted molar refractivity (Wildman–Crippen MR) is 83.7 cm³/mol. The van der Waals surface area contributed by atoms with Crippen molar-refractivity contribution >= 4 is 16.0 Å². The number of hydrogen-bond acceptors (Lipinski definition) is 6. The third kappa shape index (κ3) is 3.03. The predicted octanol–water partition coefficient (Wildman–Crippen LogP) is 0.798. The summed E-state index contributed by atoms with van der Waals surface area (Å²) in [6.45, 7) is 4.03. The lowest BCUT2D eigenvalue weighted by atomic mass is 10.1. The molecule has 122 valence electrons. The first-order valence-electron chi connectivity index (χ1n) is 7.64. The van der Waals surface area contributed by atoms with Gasteiger partial charge in [-0.05, 0) is 26.2 Å². The zero-order chi connectivity index (χ0) is 15.7. The number of piperidine rings is 1. The normalized spacial score (nSPS) is 25.4. The number of methoxy groups -OCH3 is 1. The van der Waals surface area contributed by atoms with Crippen LogP contribution in [0.5, 0.6) is 5.88 Å². The maximum atomic E-state index is 12.1. The number of rotatable bonds is 3. The highest BCUT2D eigenvalue weighted by Crippen LogP contribution is 2.26. The third-order valence-electron chi connectivity index (χ3n) is 4.25. The highest BCUT2D eigenvalue weighted by molar-refractivity contribution is 7.89. The van der Waals surface area contributed by atoms with Gasteiger partial charge in [0.1, 0.15) is 0 Å². The van der Waals surface area contributed by atoms with Crippen molar-refractivity contribution in [2.24, 2.45) is 0 Å². The van der Waals surface area contributed by atoms with Gasteiger partial charge in [-0.15, -0.1) is 0 Å². The minimum atomic E-state index is -3.07. The van der Waals surface area contributed by atoms with Crippen LogP contribution < -0.4 is 9.64 Å². The first-order chi connectivity index (χ1) is 10.5. The Morgan fingerprint density at radius 1 is 1.27 bits per heavy atom. The fraction of sp³-hybridized carbons (Fsp3) is 0.714. The topological polar surface area (TPSA) is 75.6 Å². The van der Waals surface area contributed by atoms with E-state index in [1.807, 2.05) is 6.92 Å². The zero-order valence-electron chi connectivity index (χ0n) is 13.0. The van der Waals surface area contributed by atoms with Crippen LogP contribution in [-0.4, -0.2) is 61.2 Å². The van der Waals surface area contributed by atoms with Gasteiger partial charge in [0.2, 0.25) is 21.9 Å². The second-order valence-electron chi connectivity index (χ2n) is 5.87. The second kappa shape index (κ2) is 6.00. The van der Waals surface area contributed by atoms with Crippen LogP contribution in [0.1, 0.15) is 25.0 Å². The van der Waals surface area contributed by atoms with Crippen molar-refractivity contribution in [1.82, 2.24) is 14.3 Å². The molecule has 2 fully saturated rings. The maximum Gasteiger partial charge on any atom is 0.228 e. The molecular weight excluding hydrogens is 304 g/mol. The van der Waals surface area contributed by atoms with Crippen molar-refractivity contribution < 1.29 is 13.2 Å². The van der Waals surface area contributed by atoms with Crippen LogP contribution in [0.15, 0.2) is 6.07 Å². The third-order valence-corrected chi connectivity index (χ3v) is 6.25. The van der Waals surface area contributed by atoms with E-state index in [1.165, 1.54) is 0 Å². The molecule has 1 aromatic rings. The summed E-state index contributed by atoms with van der Waals surface area (Å²) in [5, 5.41) is 0. The van der Waals surface area contributed by atoms with E-state index in [2.05, 4.69) is 14.9 Å². The van der Waals surface area contributed by atoms with Crippen LogP contribution in [0, 0.1) is 6.92 Å². The van der Waals surface area contributed by atoms with Crippen LogP contribution in [-0.2, 0) is 10.0 Å². The molecule has 1 aromatic heterocycles. The molecule has 2 aliphatic heterocycles. The molecule has 8 heteroatoms. The highest BCUT2D eigenvalue weighted by atomic mass is 32.2. The number of nitrogens with zero attached hydrogens (tertiary/aromatic N) is 4. The average Bonchev–Trinajstić information content (AvgIpc) is 2.86. The molecule has 7 nitrogen and oxygen atoms in total. The summed E-state index contributed by atoms with van der Waals surface area (Å²) in [5.74, 6) is 1.44. The molecule has 0 amide bonds. The van der Waals surface area contributed by atoms with Crippen molar-refractivity contribution in [3.8, 4) is 5.88 Å². The Hall–Kier alpha value is -1.41. The minimum Gasteiger partial charge on any atom is -0.481 e. The quantitative estimate of drug-likeness (QED) is 0.818. The van der Waals surface area contributed by atoms with Gasteiger partial charge < -0.3 is 9.64 Å². The van der Waals surface area contributed by atoms with E-state index in [0.29, 0.717) is 24.9 Å². The van der Waals surface area contributed by atoms with Gasteiger partial charge in [-0.2, -0.15) is 9.29 Å². The van der Waals surface area contributed by atoms with Gasteiger partial charge in [0.15, 0.2) is 0 Å². The summed E-state index contributed by atoms with van der Waals surface area (Å²) >= 11 is 0. The first-order valence-corrected chi connectivity index (χ1v) is 9.24. The van der Waals surface area contributed by atoms with Crippen molar-refractivity contribution in [3.63, 3.8) is 0 Å². The molecule has 0 bridgehead atoms. The zero-order valence-corrected chi connectivity index (χ0v) is 13.8. The van der Waals surface area contributed by atoms with Gasteiger partial charge in [0.05, 0.1) is 12.9 Å². The summed E-state index contributed by atoms with van der Waals surface area (Å²) in [7, 11) is -1.49. The van der Waals surface area contributed by atoms with Gasteiger partial charge in [-0.1, -0.05) is 0 Å². The average molecular weight is 326 g/mol. The Morgan fingerprint density at radius 3 is 2.77 bits per heavy atom. The summed E-state index contributed by atoms with van der Waals surface area (Å²) in [6.07, 6.45) is 2.57. The lowest BCUT2D eigenvalue weighted by Gasteiger charge is -2.36. The van der Waals surface area contributed by atoms with Crippen LogP contribution >= 0.6 is 0 Å². The van der Waals surface area contributed by atoms with Crippen molar-refractivity contribution in [3.05, 3.63) is 11.8 Å². The molecule has 0 aliphatic carbocycles.